The van der Waals surface area contributed by atoms with Crippen LogP contribution in [0.4, 0.5) is 0 Å². The molecule has 0 unspecified atom stereocenters. The minimum absolute atomic E-state index is 0. The molecular formula is C15H23Cl3N2O. The molecule has 6 heteroatoms. The van der Waals surface area contributed by atoms with Gasteiger partial charge in [-0.05, 0) is 24.6 Å². The van der Waals surface area contributed by atoms with Crippen LogP contribution in [0.2, 0.25) is 5.02 Å². The van der Waals surface area contributed by atoms with Gasteiger partial charge in [-0.1, -0.05) is 17.7 Å². The molecule has 1 aliphatic heterocycles. The van der Waals surface area contributed by atoms with Gasteiger partial charge in [0.15, 0.2) is 0 Å². The normalized spacial score (nSPS) is 16.3. The monoisotopic (exact) mass is 352 g/mol. The molecule has 1 atom stereocenters. The molecule has 0 bridgehead atoms. The molecule has 1 heterocycles. The van der Waals surface area contributed by atoms with Crippen molar-refractivity contribution in [1.29, 1.82) is 0 Å². The highest BCUT2D eigenvalue weighted by atomic mass is 35.5. The molecule has 1 fully saturated rings. The van der Waals surface area contributed by atoms with Gasteiger partial charge in [0.25, 0.3) is 0 Å². The minimum Gasteiger partial charge on any atom is -0.496 e. The average Bonchev–Trinajstić information content (AvgIpc) is 2.45. The van der Waals surface area contributed by atoms with Crippen molar-refractivity contribution in [2.45, 2.75) is 12.5 Å². The number of hydrogen-bond donors (Lipinski definition) is 1. The first-order valence-corrected chi connectivity index (χ1v) is 7.03. The lowest BCUT2D eigenvalue weighted by Crippen LogP contribution is -2.45. The molecule has 0 amide bonds. The summed E-state index contributed by atoms with van der Waals surface area (Å²) in [4.78, 5) is 2.46. The molecule has 0 aliphatic carbocycles. The number of ether oxygens (including phenoxy) is 1. The van der Waals surface area contributed by atoms with Gasteiger partial charge in [-0.25, -0.2) is 0 Å². The zero-order valence-corrected chi connectivity index (χ0v) is 14.6. The fourth-order valence-corrected chi connectivity index (χ4v) is 2.77. The maximum Gasteiger partial charge on any atom is 0.123 e. The third-order valence-corrected chi connectivity index (χ3v) is 3.77. The van der Waals surface area contributed by atoms with Crippen LogP contribution in [0.15, 0.2) is 30.9 Å². The van der Waals surface area contributed by atoms with Crippen LogP contribution in [-0.2, 0) is 0 Å². The summed E-state index contributed by atoms with van der Waals surface area (Å²) >= 11 is 6.14. The lowest BCUT2D eigenvalue weighted by Gasteiger charge is -2.35. The van der Waals surface area contributed by atoms with Gasteiger partial charge in [-0.15, -0.1) is 31.4 Å². The van der Waals surface area contributed by atoms with Crippen molar-refractivity contribution in [3.63, 3.8) is 0 Å². The van der Waals surface area contributed by atoms with Crippen LogP contribution < -0.4 is 10.1 Å². The molecular weight excluding hydrogens is 331 g/mol. The Bertz CT molecular complexity index is 437. The van der Waals surface area contributed by atoms with E-state index in [0.717, 1.165) is 48.9 Å². The quantitative estimate of drug-likeness (QED) is 0.817. The largest absolute Gasteiger partial charge is 0.496 e. The standard InChI is InChI=1S/C15H21ClN2O.2ClH/c1-3-4-14(18-9-7-17-8-10-18)13-11-12(16)5-6-15(13)19-2;;/h3,5-6,11,14,17H,1,4,7-10H2,2H3;2*1H/t14-;;/m1../s1. The van der Waals surface area contributed by atoms with Gasteiger partial charge in [0.05, 0.1) is 7.11 Å². The third kappa shape index (κ3) is 5.35. The Morgan fingerprint density at radius 1 is 1.38 bits per heavy atom. The number of benzene rings is 1. The predicted molar refractivity (Wildman–Crippen MR) is 94.5 cm³/mol. The Labute approximate surface area is 144 Å². The van der Waals surface area contributed by atoms with E-state index in [1.807, 2.05) is 24.3 Å². The van der Waals surface area contributed by atoms with Crippen molar-refractivity contribution in [3.8, 4) is 5.75 Å². The Hall–Kier alpha value is -0.450. The van der Waals surface area contributed by atoms with E-state index in [-0.39, 0.29) is 30.9 Å². The summed E-state index contributed by atoms with van der Waals surface area (Å²) in [5.74, 6) is 0.898. The van der Waals surface area contributed by atoms with Gasteiger partial charge >= 0.3 is 0 Å². The fraction of sp³-hybridized carbons (Fsp3) is 0.467. The van der Waals surface area contributed by atoms with Crippen LogP contribution in [-0.4, -0.2) is 38.2 Å². The first-order valence-electron chi connectivity index (χ1n) is 6.65. The van der Waals surface area contributed by atoms with Crippen molar-refractivity contribution in [2.24, 2.45) is 0 Å². The van der Waals surface area contributed by atoms with Crippen LogP contribution in [0.5, 0.6) is 5.75 Å². The minimum atomic E-state index is 0. The highest BCUT2D eigenvalue weighted by Crippen LogP contribution is 2.34. The van der Waals surface area contributed by atoms with Crippen molar-refractivity contribution in [3.05, 3.63) is 41.4 Å². The lowest BCUT2D eigenvalue weighted by molar-refractivity contribution is 0.171. The number of halogens is 3. The fourth-order valence-electron chi connectivity index (χ4n) is 2.59. The second kappa shape index (κ2) is 10.3. The molecule has 21 heavy (non-hydrogen) atoms. The van der Waals surface area contributed by atoms with Crippen LogP contribution >= 0.6 is 36.4 Å². The molecule has 1 aliphatic rings. The van der Waals surface area contributed by atoms with Gasteiger partial charge in [0.1, 0.15) is 5.75 Å². The maximum absolute atomic E-state index is 6.14. The highest BCUT2D eigenvalue weighted by molar-refractivity contribution is 6.30. The van der Waals surface area contributed by atoms with Gasteiger partial charge in [-0.3, -0.25) is 4.90 Å². The van der Waals surface area contributed by atoms with Crippen molar-refractivity contribution < 1.29 is 4.74 Å². The topological polar surface area (TPSA) is 24.5 Å². The molecule has 1 saturated heterocycles. The summed E-state index contributed by atoms with van der Waals surface area (Å²) in [6.45, 7) is 8.00. The molecule has 1 aromatic rings. The van der Waals surface area contributed by atoms with E-state index in [9.17, 15) is 0 Å². The van der Waals surface area contributed by atoms with Gasteiger partial charge in [-0.2, -0.15) is 0 Å². The molecule has 120 valence electrons. The average molecular weight is 354 g/mol. The number of hydrogen-bond acceptors (Lipinski definition) is 3. The smallest absolute Gasteiger partial charge is 0.123 e. The third-order valence-electron chi connectivity index (χ3n) is 3.53. The predicted octanol–water partition coefficient (Wildman–Crippen LogP) is 3.71. The molecule has 0 radical (unpaired) electrons. The van der Waals surface area contributed by atoms with E-state index >= 15 is 0 Å². The van der Waals surface area contributed by atoms with Crippen LogP contribution in [0.25, 0.3) is 0 Å². The van der Waals surface area contributed by atoms with Gasteiger partial charge in [0, 0.05) is 42.8 Å². The van der Waals surface area contributed by atoms with E-state index < -0.39 is 0 Å². The highest BCUT2D eigenvalue weighted by Gasteiger charge is 2.23. The number of methoxy groups -OCH3 is 1. The Morgan fingerprint density at radius 2 is 2.05 bits per heavy atom. The van der Waals surface area contributed by atoms with Crippen LogP contribution in [0.3, 0.4) is 0 Å². The summed E-state index contributed by atoms with van der Waals surface area (Å²) in [7, 11) is 1.70. The second-order valence-electron chi connectivity index (χ2n) is 4.71. The summed E-state index contributed by atoms with van der Waals surface area (Å²) in [5.41, 5.74) is 1.15. The van der Waals surface area contributed by atoms with E-state index in [1.165, 1.54) is 0 Å². The molecule has 0 saturated carbocycles. The van der Waals surface area contributed by atoms with Crippen LogP contribution in [0.1, 0.15) is 18.0 Å². The Balaban J connectivity index is 0.00000200. The van der Waals surface area contributed by atoms with Crippen molar-refractivity contribution >= 4 is 36.4 Å². The SMILES string of the molecule is C=CC[C@H](c1cc(Cl)ccc1OC)N1CCNCC1.Cl.Cl. The molecule has 0 aromatic heterocycles. The van der Waals surface area contributed by atoms with Gasteiger partial charge in [0.2, 0.25) is 0 Å². The summed E-state index contributed by atoms with van der Waals surface area (Å²) < 4.78 is 5.48. The lowest BCUT2D eigenvalue weighted by atomic mass is 10.00. The zero-order chi connectivity index (χ0) is 13.7. The first kappa shape index (κ1) is 20.6. The van der Waals surface area contributed by atoms with Crippen molar-refractivity contribution in [1.82, 2.24) is 10.2 Å². The van der Waals surface area contributed by atoms with Crippen LogP contribution in [0, 0.1) is 0 Å². The van der Waals surface area contributed by atoms with E-state index in [1.54, 1.807) is 7.11 Å². The van der Waals surface area contributed by atoms with E-state index in [2.05, 4.69) is 16.8 Å². The van der Waals surface area contributed by atoms with Crippen molar-refractivity contribution in [2.75, 3.05) is 33.3 Å². The zero-order valence-electron chi connectivity index (χ0n) is 12.2. The number of rotatable bonds is 5. The molecule has 3 nitrogen and oxygen atoms in total. The summed E-state index contributed by atoms with van der Waals surface area (Å²) in [6.07, 6.45) is 2.86. The summed E-state index contributed by atoms with van der Waals surface area (Å²) in [6, 6.07) is 6.10. The molecule has 2 rings (SSSR count). The summed E-state index contributed by atoms with van der Waals surface area (Å²) in [5, 5.41) is 4.13. The number of nitrogens with zero attached hydrogens (tertiary/aromatic N) is 1. The second-order valence-corrected chi connectivity index (χ2v) is 5.15. The first-order chi connectivity index (χ1) is 9.26. The Morgan fingerprint density at radius 3 is 2.62 bits per heavy atom. The molecule has 1 aromatic carbocycles. The Kier molecular flexibility index (Phi) is 10.1. The van der Waals surface area contributed by atoms with E-state index in [4.69, 9.17) is 16.3 Å². The molecule has 1 N–H and O–H groups in total. The number of piperazine rings is 1. The maximum atomic E-state index is 6.14. The number of nitrogens with one attached hydrogen (secondary N) is 1. The van der Waals surface area contributed by atoms with E-state index in [0.29, 0.717) is 0 Å². The van der Waals surface area contributed by atoms with Gasteiger partial charge < -0.3 is 10.1 Å². The molecule has 0 spiro atoms.